The molecular formula is C22H18BrN3O3. The van der Waals surface area contributed by atoms with Crippen LogP contribution in [0.3, 0.4) is 0 Å². The molecule has 146 valence electrons. The molecule has 0 spiro atoms. The summed E-state index contributed by atoms with van der Waals surface area (Å²) in [6, 6.07) is 17.8. The Morgan fingerprint density at radius 1 is 1.21 bits per heavy atom. The maximum absolute atomic E-state index is 13.1. The van der Waals surface area contributed by atoms with Crippen LogP contribution in [0.15, 0.2) is 63.9 Å². The fourth-order valence-corrected chi connectivity index (χ4v) is 3.20. The number of ether oxygens (including phenoxy) is 1. The molecule has 0 fully saturated rings. The van der Waals surface area contributed by atoms with Gasteiger partial charge in [-0.2, -0.15) is 5.26 Å². The normalized spacial score (nSPS) is 10.3. The molecule has 6 nitrogen and oxygen atoms in total. The van der Waals surface area contributed by atoms with Crippen molar-refractivity contribution in [2.45, 2.75) is 13.5 Å². The van der Waals surface area contributed by atoms with Crippen LogP contribution in [0.1, 0.15) is 11.3 Å². The highest BCUT2D eigenvalue weighted by Gasteiger charge is 2.16. The van der Waals surface area contributed by atoms with Crippen LogP contribution in [0.4, 0.5) is 5.69 Å². The summed E-state index contributed by atoms with van der Waals surface area (Å²) < 4.78 is 7.44. The van der Waals surface area contributed by atoms with E-state index in [1.54, 1.807) is 56.5 Å². The molecular weight excluding hydrogens is 434 g/mol. The first-order valence-electron chi connectivity index (χ1n) is 8.77. The SMILES string of the molecule is COc1cccc(-c2cc(C#N)c(C)n(CC(=O)Nc3ccc(Br)cc3)c2=O)c1. The Labute approximate surface area is 176 Å². The van der Waals surface area contributed by atoms with Gasteiger partial charge in [0.05, 0.1) is 12.7 Å². The third-order valence-electron chi connectivity index (χ3n) is 4.49. The molecule has 1 N–H and O–H groups in total. The minimum atomic E-state index is -0.357. The van der Waals surface area contributed by atoms with E-state index in [0.717, 1.165) is 4.47 Å². The zero-order valence-electron chi connectivity index (χ0n) is 15.9. The zero-order valence-corrected chi connectivity index (χ0v) is 17.5. The number of methoxy groups -OCH3 is 1. The van der Waals surface area contributed by atoms with Gasteiger partial charge in [0.15, 0.2) is 0 Å². The van der Waals surface area contributed by atoms with Gasteiger partial charge in [-0.3, -0.25) is 9.59 Å². The maximum Gasteiger partial charge on any atom is 0.259 e. The zero-order chi connectivity index (χ0) is 21.0. The Balaban J connectivity index is 1.99. The molecule has 0 saturated carbocycles. The van der Waals surface area contributed by atoms with Crippen LogP contribution in [0.2, 0.25) is 0 Å². The fourth-order valence-electron chi connectivity index (χ4n) is 2.93. The number of nitriles is 1. The van der Waals surface area contributed by atoms with E-state index in [2.05, 4.69) is 27.3 Å². The van der Waals surface area contributed by atoms with E-state index in [0.29, 0.717) is 33.8 Å². The van der Waals surface area contributed by atoms with Crippen LogP contribution in [-0.2, 0) is 11.3 Å². The van der Waals surface area contributed by atoms with Gasteiger partial charge >= 0.3 is 0 Å². The Hall–Kier alpha value is -3.37. The first-order valence-corrected chi connectivity index (χ1v) is 9.56. The maximum atomic E-state index is 13.1. The summed E-state index contributed by atoms with van der Waals surface area (Å²) in [6.07, 6.45) is 0. The Kier molecular flexibility index (Phi) is 6.15. The third kappa shape index (κ3) is 4.55. The predicted molar refractivity (Wildman–Crippen MR) is 115 cm³/mol. The molecule has 0 saturated heterocycles. The number of carbonyl (C=O) groups is 1. The number of carbonyl (C=O) groups excluding carboxylic acids is 1. The lowest BCUT2D eigenvalue weighted by molar-refractivity contribution is -0.116. The first-order chi connectivity index (χ1) is 13.9. The number of halogens is 1. The van der Waals surface area contributed by atoms with Crippen molar-refractivity contribution in [3.05, 3.63) is 80.7 Å². The number of anilines is 1. The molecule has 1 amide bonds. The molecule has 2 aromatic carbocycles. The highest BCUT2D eigenvalue weighted by Crippen LogP contribution is 2.23. The third-order valence-corrected chi connectivity index (χ3v) is 5.02. The molecule has 0 unspecified atom stereocenters. The van der Waals surface area contributed by atoms with Gasteiger partial charge in [-0.05, 0) is 55.0 Å². The number of rotatable bonds is 5. The molecule has 3 rings (SSSR count). The van der Waals surface area contributed by atoms with E-state index in [-0.39, 0.29) is 18.0 Å². The van der Waals surface area contributed by atoms with Crippen molar-refractivity contribution in [2.24, 2.45) is 0 Å². The van der Waals surface area contributed by atoms with Crippen molar-refractivity contribution in [1.29, 1.82) is 5.26 Å². The molecule has 1 heterocycles. The van der Waals surface area contributed by atoms with Crippen LogP contribution in [0.5, 0.6) is 5.75 Å². The molecule has 0 aliphatic carbocycles. The largest absolute Gasteiger partial charge is 0.497 e. The van der Waals surface area contributed by atoms with E-state index in [9.17, 15) is 14.9 Å². The minimum Gasteiger partial charge on any atom is -0.497 e. The van der Waals surface area contributed by atoms with Gasteiger partial charge in [-0.1, -0.05) is 28.1 Å². The van der Waals surface area contributed by atoms with Crippen molar-refractivity contribution in [3.8, 4) is 22.9 Å². The summed E-state index contributed by atoms with van der Waals surface area (Å²) in [4.78, 5) is 25.7. The number of hydrogen-bond donors (Lipinski definition) is 1. The molecule has 3 aromatic rings. The van der Waals surface area contributed by atoms with Crippen molar-refractivity contribution in [2.75, 3.05) is 12.4 Å². The van der Waals surface area contributed by atoms with Gasteiger partial charge in [0.25, 0.3) is 5.56 Å². The molecule has 0 radical (unpaired) electrons. The van der Waals surface area contributed by atoms with Crippen molar-refractivity contribution in [3.63, 3.8) is 0 Å². The minimum absolute atomic E-state index is 0.201. The number of aromatic nitrogens is 1. The van der Waals surface area contributed by atoms with Gasteiger partial charge in [0.2, 0.25) is 5.91 Å². The second-order valence-electron chi connectivity index (χ2n) is 6.35. The molecule has 29 heavy (non-hydrogen) atoms. The van der Waals surface area contributed by atoms with E-state index >= 15 is 0 Å². The average Bonchev–Trinajstić information content (AvgIpc) is 2.73. The monoisotopic (exact) mass is 451 g/mol. The molecule has 0 atom stereocenters. The van der Waals surface area contributed by atoms with E-state index < -0.39 is 0 Å². The quantitative estimate of drug-likeness (QED) is 0.632. The standard InChI is InChI=1S/C22H18BrN3O3/c1-14-16(12-24)11-20(15-4-3-5-19(10-15)29-2)22(28)26(14)13-21(27)25-18-8-6-17(23)7-9-18/h3-11H,13H2,1-2H3,(H,25,27). The predicted octanol–water partition coefficient (Wildman–Crippen LogP) is 4.11. The summed E-state index contributed by atoms with van der Waals surface area (Å²) in [7, 11) is 1.54. The lowest BCUT2D eigenvalue weighted by Gasteiger charge is -2.14. The molecule has 0 aliphatic heterocycles. The first kappa shape index (κ1) is 20.4. The molecule has 1 aromatic heterocycles. The Morgan fingerprint density at radius 2 is 1.93 bits per heavy atom. The molecule has 0 bridgehead atoms. The van der Waals surface area contributed by atoms with Crippen LogP contribution in [-0.4, -0.2) is 17.6 Å². The van der Waals surface area contributed by atoms with Crippen molar-refractivity contribution in [1.82, 2.24) is 4.57 Å². The van der Waals surface area contributed by atoms with Crippen LogP contribution >= 0.6 is 15.9 Å². The summed E-state index contributed by atoms with van der Waals surface area (Å²) in [5.74, 6) is 0.240. The van der Waals surface area contributed by atoms with Crippen molar-refractivity contribution < 1.29 is 9.53 Å². The smallest absolute Gasteiger partial charge is 0.259 e. The van der Waals surface area contributed by atoms with Gasteiger partial charge in [-0.15, -0.1) is 0 Å². The average molecular weight is 452 g/mol. The highest BCUT2D eigenvalue weighted by molar-refractivity contribution is 9.10. The lowest BCUT2D eigenvalue weighted by Crippen LogP contribution is -2.30. The van der Waals surface area contributed by atoms with E-state index in [1.807, 2.05) is 12.1 Å². The van der Waals surface area contributed by atoms with Gasteiger partial charge in [-0.25, -0.2) is 0 Å². The van der Waals surface area contributed by atoms with E-state index in [4.69, 9.17) is 4.74 Å². The number of hydrogen-bond acceptors (Lipinski definition) is 4. The summed E-state index contributed by atoms with van der Waals surface area (Å²) in [6.45, 7) is 1.45. The number of amides is 1. The van der Waals surface area contributed by atoms with Gasteiger partial charge in [0, 0.05) is 21.4 Å². The summed E-state index contributed by atoms with van der Waals surface area (Å²) in [5.41, 5.74) is 2.00. The van der Waals surface area contributed by atoms with Crippen LogP contribution < -0.4 is 15.6 Å². The Morgan fingerprint density at radius 3 is 2.59 bits per heavy atom. The van der Waals surface area contributed by atoms with Gasteiger partial charge in [0.1, 0.15) is 18.4 Å². The second-order valence-corrected chi connectivity index (χ2v) is 7.26. The second kappa shape index (κ2) is 8.76. The Bertz CT molecular complexity index is 1160. The van der Waals surface area contributed by atoms with Crippen molar-refractivity contribution >= 4 is 27.5 Å². The fraction of sp³-hybridized carbons (Fsp3) is 0.136. The van der Waals surface area contributed by atoms with Gasteiger partial charge < -0.3 is 14.6 Å². The molecule has 0 aliphatic rings. The summed E-state index contributed by atoms with van der Waals surface area (Å²) >= 11 is 3.34. The number of benzene rings is 2. The number of nitrogens with one attached hydrogen (secondary N) is 1. The molecule has 7 heteroatoms. The highest BCUT2D eigenvalue weighted by atomic mass is 79.9. The van der Waals surface area contributed by atoms with Crippen LogP contribution in [0, 0.1) is 18.3 Å². The summed E-state index contributed by atoms with van der Waals surface area (Å²) in [5, 5.41) is 12.3. The number of pyridine rings is 1. The topological polar surface area (TPSA) is 84.1 Å². The van der Waals surface area contributed by atoms with Crippen LogP contribution in [0.25, 0.3) is 11.1 Å². The number of nitrogens with zero attached hydrogens (tertiary/aromatic N) is 2. The lowest BCUT2D eigenvalue weighted by atomic mass is 10.0. The van der Waals surface area contributed by atoms with E-state index in [1.165, 1.54) is 4.57 Å².